The molecule has 1 unspecified atom stereocenters. The van der Waals surface area contributed by atoms with Crippen LogP contribution in [0.1, 0.15) is 68.1 Å². The number of ether oxygens (including phenoxy) is 1. The third-order valence-electron chi connectivity index (χ3n) is 9.45. The van der Waals surface area contributed by atoms with E-state index in [-0.39, 0.29) is 16.7 Å². The van der Waals surface area contributed by atoms with Crippen LogP contribution in [0.2, 0.25) is 18.1 Å². The number of hydrogen-bond donors (Lipinski definition) is 3. The Balaban J connectivity index is 1.28. The van der Waals surface area contributed by atoms with Crippen molar-refractivity contribution in [2.24, 2.45) is 0 Å². The zero-order chi connectivity index (χ0) is 35.9. The lowest BCUT2D eigenvalue weighted by Crippen LogP contribution is -2.44. The predicted molar refractivity (Wildman–Crippen MR) is 195 cm³/mol. The average molecular weight is 700 g/mol. The van der Waals surface area contributed by atoms with Gasteiger partial charge in [0.05, 0.1) is 6.61 Å². The van der Waals surface area contributed by atoms with Crippen LogP contribution in [-0.2, 0) is 12.8 Å². The van der Waals surface area contributed by atoms with E-state index in [1.165, 1.54) is 6.07 Å². The second-order valence-corrected chi connectivity index (χ2v) is 19.1. The quantitative estimate of drug-likeness (QED) is 0.0654. The third kappa shape index (κ3) is 9.26. The van der Waals surface area contributed by atoms with E-state index in [4.69, 9.17) is 19.3 Å². The van der Waals surface area contributed by atoms with Crippen LogP contribution in [0.3, 0.4) is 0 Å². The zero-order valence-electron chi connectivity index (χ0n) is 29.6. The molecule has 3 aromatic carbocycles. The molecule has 0 saturated heterocycles. The number of halogens is 1. The third-order valence-corrected chi connectivity index (χ3v) is 13.8. The molecule has 0 spiro atoms. The topological polar surface area (TPSA) is 114 Å². The van der Waals surface area contributed by atoms with Gasteiger partial charge in [0, 0.05) is 24.9 Å². The van der Waals surface area contributed by atoms with Crippen molar-refractivity contribution in [1.29, 1.82) is 0 Å². The van der Waals surface area contributed by atoms with Crippen molar-refractivity contribution in [2.45, 2.75) is 83.5 Å². The number of carbonyl (C=O) groups excluding carboxylic acids is 1. The second kappa shape index (κ2) is 15.8. The van der Waals surface area contributed by atoms with E-state index in [0.29, 0.717) is 43.1 Å². The highest BCUT2D eigenvalue weighted by atomic mass is 28.4. The van der Waals surface area contributed by atoms with Gasteiger partial charge in [-0.2, -0.15) is 4.57 Å². The minimum Gasteiger partial charge on any atom is -0.544 e. The first-order valence-electron chi connectivity index (χ1n) is 17.3. The van der Waals surface area contributed by atoms with Crippen molar-refractivity contribution in [3.05, 3.63) is 102 Å². The molecule has 2 heterocycles. The number of aromatic nitrogens is 2. The summed E-state index contributed by atoms with van der Waals surface area (Å²) in [5.41, 5.74) is 4.05. The molecule has 11 heteroatoms. The van der Waals surface area contributed by atoms with E-state index in [1.807, 2.05) is 54.6 Å². The number of amides is 1. The Morgan fingerprint density at radius 2 is 1.72 bits per heavy atom. The fraction of sp³-hybridized carbons (Fsp3) is 0.385. The molecule has 1 aromatic heterocycles. The molecule has 0 fully saturated rings. The summed E-state index contributed by atoms with van der Waals surface area (Å²) in [4.78, 5) is 29.4. The van der Waals surface area contributed by atoms with Crippen LogP contribution < -0.4 is 24.4 Å². The maximum absolute atomic E-state index is 15.0. The molecular formula is C39H48FN4O5Si+. The van der Waals surface area contributed by atoms with E-state index in [1.54, 1.807) is 22.9 Å². The number of carbonyl (C=O) groups is 2. The van der Waals surface area contributed by atoms with Gasteiger partial charge in [0.2, 0.25) is 8.32 Å². The molecule has 4 aromatic rings. The molecule has 1 aliphatic heterocycles. The van der Waals surface area contributed by atoms with Crippen LogP contribution in [0.25, 0.3) is 11.3 Å². The molecule has 3 N–H and O–H groups in total. The number of carboxylic acid groups (broad SMARTS) is 1. The van der Waals surface area contributed by atoms with E-state index < -0.39 is 26.3 Å². The SMILES string of the molecule is CC(C)(C)[Si](C)(C)Oc1ccc(-c2c[n+]3c(c(Cc4ccccc4)n2)NC(Cc2ccc(OCCCCCCNC(=O)O)c(F)c2)C3=O)cc1. The van der Waals surface area contributed by atoms with Crippen molar-refractivity contribution < 1.29 is 32.8 Å². The maximum Gasteiger partial charge on any atom is 0.404 e. The Labute approximate surface area is 295 Å². The smallest absolute Gasteiger partial charge is 0.404 e. The molecule has 1 amide bonds. The lowest BCUT2D eigenvalue weighted by atomic mass is 10.1. The summed E-state index contributed by atoms with van der Waals surface area (Å²) >= 11 is 0. The number of rotatable bonds is 15. The van der Waals surface area contributed by atoms with Gasteiger partial charge in [-0.05, 0) is 78.5 Å². The van der Waals surface area contributed by atoms with Gasteiger partial charge in [-0.1, -0.05) is 70.0 Å². The van der Waals surface area contributed by atoms with Crippen molar-refractivity contribution in [1.82, 2.24) is 10.3 Å². The normalized spacial score (nSPS) is 14.2. The van der Waals surface area contributed by atoms with Gasteiger partial charge in [0.1, 0.15) is 23.3 Å². The maximum atomic E-state index is 15.0. The molecule has 0 bridgehead atoms. The van der Waals surface area contributed by atoms with Crippen LogP contribution >= 0.6 is 0 Å². The number of anilines is 1. The largest absolute Gasteiger partial charge is 0.544 e. The molecular weight excluding hydrogens is 652 g/mol. The summed E-state index contributed by atoms with van der Waals surface area (Å²) in [6.45, 7) is 11.9. The van der Waals surface area contributed by atoms with Crippen LogP contribution in [0, 0.1) is 5.82 Å². The van der Waals surface area contributed by atoms with Crippen molar-refractivity contribution in [3.8, 4) is 22.8 Å². The Hall–Kier alpha value is -4.77. The average Bonchev–Trinajstić information content (AvgIpc) is 3.38. The predicted octanol–water partition coefficient (Wildman–Crippen LogP) is 8.03. The Kier molecular flexibility index (Phi) is 11.6. The fourth-order valence-electron chi connectivity index (χ4n) is 5.59. The lowest BCUT2D eigenvalue weighted by molar-refractivity contribution is -0.552. The van der Waals surface area contributed by atoms with Gasteiger partial charge in [0.25, 0.3) is 0 Å². The minimum atomic E-state index is -2.00. The van der Waals surface area contributed by atoms with Crippen molar-refractivity contribution in [2.75, 3.05) is 18.5 Å². The van der Waals surface area contributed by atoms with E-state index >= 15 is 4.39 Å². The highest BCUT2D eigenvalue weighted by Crippen LogP contribution is 2.37. The summed E-state index contributed by atoms with van der Waals surface area (Å²) in [5.74, 6) is 1.03. The zero-order valence-corrected chi connectivity index (χ0v) is 30.6. The Bertz CT molecular complexity index is 1800. The summed E-state index contributed by atoms with van der Waals surface area (Å²) in [6, 6.07) is 22.2. The summed E-state index contributed by atoms with van der Waals surface area (Å²) in [7, 11) is -2.00. The first kappa shape index (κ1) is 36.5. The standard InChI is InChI=1S/C39H47FN4O5Si/c1-39(2,3)50(4,5)49-30-18-16-29(17-19-30)34-26-44-36(32(42-34)24-27-13-9-8-10-14-27)43-33(37(44)45)25-28-15-20-35(31(40)23-28)48-22-12-7-6-11-21-41-38(46)47/h8-10,13-20,23,26,33,41H,6-7,11-12,21-22,24-25H2,1-5H3,(H,46,47)/p+1. The number of fused-ring (bicyclic) bond motifs is 1. The van der Waals surface area contributed by atoms with Crippen LogP contribution in [0.15, 0.2) is 79.0 Å². The van der Waals surface area contributed by atoms with E-state index in [0.717, 1.165) is 48.3 Å². The molecule has 0 radical (unpaired) electrons. The van der Waals surface area contributed by atoms with Gasteiger partial charge < -0.3 is 19.6 Å². The molecule has 1 aliphatic rings. The number of hydrogen-bond acceptors (Lipinski definition) is 6. The number of unbranched alkanes of at least 4 members (excludes halogenated alkanes) is 3. The van der Waals surface area contributed by atoms with E-state index in [9.17, 15) is 9.59 Å². The van der Waals surface area contributed by atoms with Gasteiger partial charge >= 0.3 is 17.8 Å². The van der Waals surface area contributed by atoms with Gasteiger partial charge in [-0.3, -0.25) is 5.32 Å². The minimum absolute atomic E-state index is 0.0767. The van der Waals surface area contributed by atoms with Crippen LogP contribution in [0.5, 0.6) is 11.5 Å². The molecule has 1 atom stereocenters. The van der Waals surface area contributed by atoms with Crippen LogP contribution in [0.4, 0.5) is 15.0 Å². The highest BCUT2D eigenvalue weighted by molar-refractivity contribution is 6.74. The second-order valence-electron chi connectivity index (χ2n) is 14.3. The van der Waals surface area contributed by atoms with Crippen molar-refractivity contribution in [3.63, 3.8) is 0 Å². The summed E-state index contributed by atoms with van der Waals surface area (Å²) < 4.78 is 28.8. The first-order valence-corrected chi connectivity index (χ1v) is 20.2. The summed E-state index contributed by atoms with van der Waals surface area (Å²) in [5, 5.41) is 14.4. The summed E-state index contributed by atoms with van der Waals surface area (Å²) in [6.07, 6.45) is 4.78. The molecule has 5 rings (SSSR count). The van der Waals surface area contributed by atoms with Crippen LogP contribution in [-0.4, -0.2) is 49.6 Å². The Morgan fingerprint density at radius 3 is 2.40 bits per heavy atom. The first-order chi connectivity index (χ1) is 23.8. The number of benzene rings is 3. The number of nitrogens with one attached hydrogen (secondary N) is 2. The lowest BCUT2D eigenvalue weighted by Gasteiger charge is -2.36. The van der Waals surface area contributed by atoms with Gasteiger partial charge in [-0.25, -0.2) is 19.0 Å². The van der Waals surface area contributed by atoms with Crippen molar-refractivity contribution >= 4 is 26.1 Å². The molecule has 264 valence electrons. The van der Waals surface area contributed by atoms with Gasteiger partial charge in [0.15, 0.2) is 17.6 Å². The molecule has 0 aliphatic carbocycles. The Morgan fingerprint density at radius 1 is 1.00 bits per heavy atom. The molecule has 9 nitrogen and oxygen atoms in total. The molecule has 50 heavy (non-hydrogen) atoms. The molecule has 0 saturated carbocycles. The van der Waals surface area contributed by atoms with E-state index in [2.05, 4.69) is 44.5 Å². The highest BCUT2D eigenvalue weighted by Gasteiger charge is 2.41. The monoisotopic (exact) mass is 699 g/mol. The fourth-order valence-corrected chi connectivity index (χ4v) is 6.62. The number of nitrogens with zero attached hydrogens (tertiary/aromatic N) is 2. The van der Waals surface area contributed by atoms with Gasteiger partial charge in [-0.15, -0.1) is 0 Å².